The molecule has 0 fully saturated rings. The number of carbonyl (C=O) groups excluding carboxylic acids is 1. The van der Waals surface area contributed by atoms with Crippen molar-refractivity contribution in [2.75, 3.05) is 6.54 Å². The van der Waals surface area contributed by atoms with Crippen molar-refractivity contribution < 1.29 is 9.18 Å². The smallest absolute Gasteiger partial charge is 0.249 e. The number of nitrogens with one attached hydrogen (secondary N) is 1. The Morgan fingerprint density at radius 3 is 2.67 bits per heavy atom. The van der Waals surface area contributed by atoms with E-state index in [1.165, 1.54) is 12.1 Å². The van der Waals surface area contributed by atoms with Crippen molar-refractivity contribution in [1.82, 2.24) is 5.32 Å². The van der Waals surface area contributed by atoms with E-state index in [2.05, 4.69) is 5.32 Å². The fraction of sp³-hybridized carbons (Fsp3) is 0.235. The molecule has 0 spiro atoms. The lowest BCUT2D eigenvalue weighted by Gasteiger charge is -2.09. The SMILES string of the molecule is Cc1cc(F)ccc1CCNCc1ccccc1C(N)=O. The fourth-order valence-corrected chi connectivity index (χ4v) is 2.30. The van der Waals surface area contributed by atoms with Crippen LogP contribution >= 0.6 is 0 Å². The molecule has 0 aliphatic carbocycles. The molecule has 21 heavy (non-hydrogen) atoms. The molecule has 0 saturated heterocycles. The summed E-state index contributed by atoms with van der Waals surface area (Å²) in [6.07, 6.45) is 0.810. The Morgan fingerprint density at radius 2 is 1.95 bits per heavy atom. The van der Waals surface area contributed by atoms with Crippen LogP contribution in [0.15, 0.2) is 42.5 Å². The second kappa shape index (κ2) is 6.99. The van der Waals surface area contributed by atoms with E-state index in [0.717, 1.165) is 29.7 Å². The Hall–Kier alpha value is -2.20. The first-order valence-electron chi connectivity index (χ1n) is 6.91. The van der Waals surface area contributed by atoms with Crippen molar-refractivity contribution in [2.24, 2.45) is 5.73 Å². The standard InChI is InChI=1S/C17H19FN2O/c1-12-10-15(18)7-6-13(12)8-9-20-11-14-4-2-3-5-16(14)17(19)21/h2-7,10,20H,8-9,11H2,1H3,(H2,19,21). The third-order valence-corrected chi connectivity index (χ3v) is 3.47. The predicted octanol–water partition coefficient (Wildman–Crippen LogP) is 2.57. The van der Waals surface area contributed by atoms with Crippen LogP contribution in [-0.4, -0.2) is 12.5 Å². The molecule has 0 unspecified atom stereocenters. The molecule has 1 amide bonds. The minimum absolute atomic E-state index is 0.209. The lowest BCUT2D eigenvalue weighted by Crippen LogP contribution is -2.21. The largest absolute Gasteiger partial charge is 0.366 e. The Balaban J connectivity index is 1.89. The number of amides is 1. The number of aryl methyl sites for hydroxylation is 1. The predicted molar refractivity (Wildman–Crippen MR) is 81.5 cm³/mol. The van der Waals surface area contributed by atoms with Gasteiger partial charge >= 0.3 is 0 Å². The molecule has 2 rings (SSSR count). The number of primary amides is 1. The molecule has 2 aromatic carbocycles. The fourth-order valence-electron chi connectivity index (χ4n) is 2.30. The molecule has 0 aliphatic rings. The number of halogens is 1. The maximum absolute atomic E-state index is 13.0. The molecule has 2 aromatic rings. The zero-order valence-corrected chi connectivity index (χ0v) is 12.0. The average molecular weight is 286 g/mol. The molecule has 3 nitrogen and oxygen atoms in total. The monoisotopic (exact) mass is 286 g/mol. The van der Waals surface area contributed by atoms with Crippen LogP contribution in [0.5, 0.6) is 0 Å². The number of hydrogen-bond acceptors (Lipinski definition) is 2. The van der Waals surface area contributed by atoms with Crippen LogP contribution in [0, 0.1) is 12.7 Å². The highest BCUT2D eigenvalue weighted by Crippen LogP contribution is 2.11. The van der Waals surface area contributed by atoms with Crippen molar-refractivity contribution in [1.29, 1.82) is 0 Å². The van der Waals surface area contributed by atoms with E-state index in [9.17, 15) is 9.18 Å². The minimum Gasteiger partial charge on any atom is -0.366 e. The maximum Gasteiger partial charge on any atom is 0.249 e. The van der Waals surface area contributed by atoms with E-state index in [1.807, 2.05) is 25.1 Å². The summed E-state index contributed by atoms with van der Waals surface area (Å²) >= 11 is 0. The molecule has 0 saturated carbocycles. The van der Waals surface area contributed by atoms with Crippen LogP contribution in [-0.2, 0) is 13.0 Å². The average Bonchev–Trinajstić information content (AvgIpc) is 2.45. The third kappa shape index (κ3) is 4.13. The van der Waals surface area contributed by atoms with Crippen LogP contribution in [0.1, 0.15) is 27.0 Å². The van der Waals surface area contributed by atoms with Gasteiger partial charge in [0.15, 0.2) is 0 Å². The van der Waals surface area contributed by atoms with Gasteiger partial charge in [-0.3, -0.25) is 4.79 Å². The topological polar surface area (TPSA) is 55.1 Å². The molecule has 0 bridgehead atoms. The van der Waals surface area contributed by atoms with Gasteiger partial charge in [-0.15, -0.1) is 0 Å². The zero-order chi connectivity index (χ0) is 15.2. The summed E-state index contributed by atoms with van der Waals surface area (Å²) in [4.78, 5) is 11.3. The van der Waals surface area contributed by atoms with Gasteiger partial charge in [-0.2, -0.15) is 0 Å². The summed E-state index contributed by atoms with van der Waals surface area (Å²) in [6.45, 7) is 3.24. The first-order valence-corrected chi connectivity index (χ1v) is 6.91. The lowest BCUT2D eigenvalue weighted by molar-refractivity contribution is 0.0999. The molecule has 110 valence electrons. The molecule has 0 aromatic heterocycles. The Kier molecular flexibility index (Phi) is 5.06. The van der Waals surface area contributed by atoms with Gasteiger partial charge in [-0.05, 0) is 54.8 Å². The summed E-state index contributed by atoms with van der Waals surface area (Å²) in [6, 6.07) is 12.1. The van der Waals surface area contributed by atoms with Crippen molar-refractivity contribution in [3.05, 3.63) is 70.5 Å². The number of hydrogen-bond donors (Lipinski definition) is 2. The number of benzene rings is 2. The summed E-state index contributed by atoms with van der Waals surface area (Å²) in [5, 5.41) is 3.29. The van der Waals surface area contributed by atoms with E-state index in [0.29, 0.717) is 12.1 Å². The second-order valence-corrected chi connectivity index (χ2v) is 5.02. The lowest BCUT2D eigenvalue weighted by atomic mass is 10.1. The quantitative estimate of drug-likeness (QED) is 0.802. The summed E-state index contributed by atoms with van der Waals surface area (Å²) in [7, 11) is 0. The summed E-state index contributed by atoms with van der Waals surface area (Å²) in [5.74, 6) is -0.624. The number of nitrogens with two attached hydrogens (primary N) is 1. The first-order chi connectivity index (χ1) is 10.1. The van der Waals surface area contributed by atoms with Crippen molar-refractivity contribution >= 4 is 5.91 Å². The van der Waals surface area contributed by atoms with E-state index in [1.54, 1.807) is 12.1 Å². The normalized spacial score (nSPS) is 10.6. The molecular formula is C17H19FN2O. The van der Waals surface area contributed by atoms with Gasteiger partial charge in [-0.25, -0.2) is 4.39 Å². The molecule has 0 atom stereocenters. The number of rotatable bonds is 6. The van der Waals surface area contributed by atoms with Gasteiger partial charge in [0.2, 0.25) is 5.91 Å². The van der Waals surface area contributed by atoms with Crippen molar-refractivity contribution in [2.45, 2.75) is 19.9 Å². The maximum atomic E-state index is 13.0. The molecule has 4 heteroatoms. The van der Waals surface area contributed by atoms with Gasteiger partial charge < -0.3 is 11.1 Å². The van der Waals surface area contributed by atoms with E-state index < -0.39 is 5.91 Å². The summed E-state index contributed by atoms with van der Waals surface area (Å²) < 4.78 is 13.0. The third-order valence-electron chi connectivity index (χ3n) is 3.47. The Bertz CT molecular complexity index is 640. The molecular weight excluding hydrogens is 267 g/mol. The van der Waals surface area contributed by atoms with E-state index in [4.69, 9.17) is 5.73 Å². The highest BCUT2D eigenvalue weighted by molar-refractivity contribution is 5.94. The second-order valence-electron chi connectivity index (χ2n) is 5.02. The van der Waals surface area contributed by atoms with E-state index in [-0.39, 0.29) is 5.82 Å². The van der Waals surface area contributed by atoms with Crippen LogP contribution in [0.4, 0.5) is 4.39 Å². The molecule has 0 aliphatic heterocycles. The van der Waals surface area contributed by atoms with Crippen molar-refractivity contribution in [3.8, 4) is 0 Å². The zero-order valence-electron chi connectivity index (χ0n) is 12.0. The van der Waals surface area contributed by atoms with Crippen LogP contribution in [0.3, 0.4) is 0 Å². The Morgan fingerprint density at radius 1 is 1.19 bits per heavy atom. The molecule has 0 radical (unpaired) electrons. The van der Waals surface area contributed by atoms with Gasteiger partial charge in [-0.1, -0.05) is 24.3 Å². The van der Waals surface area contributed by atoms with Crippen LogP contribution < -0.4 is 11.1 Å². The number of carbonyl (C=O) groups is 1. The highest BCUT2D eigenvalue weighted by atomic mass is 19.1. The first kappa shape index (κ1) is 15.2. The highest BCUT2D eigenvalue weighted by Gasteiger charge is 2.06. The van der Waals surface area contributed by atoms with Crippen LogP contribution in [0.25, 0.3) is 0 Å². The van der Waals surface area contributed by atoms with Gasteiger partial charge in [0.1, 0.15) is 5.82 Å². The van der Waals surface area contributed by atoms with Gasteiger partial charge in [0.05, 0.1) is 0 Å². The minimum atomic E-state index is -0.415. The van der Waals surface area contributed by atoms with Gasteiger partial charge in [0, 0.05) is 12.1 Å². The summed E-state index contributed by atoms with van der Waals surface area (Å²) in [5.41, 5.74) is 8.85. The Labute approximate surface area is 124 Å². The van der Waals surface area contributed by atoms with E-state index >= 15 is 0 Å². The van der Waals surface area contributed by atoms with Gasteiger partial charge in [0.25, 0.3) is 0 Å². The van der Waals surface area contributed by atoms with Crippen molar-refractivity contribution in [3.63, 3.8) is 0 Å². The molecule has 0 heterocycles. The molecule has 3 N–H and O–H groups in total. The van der Waals surface area contributed by atoms with Crippen LogP contribution in [0.2, 0.25) is 0 Å².